The quantitative estimate of drug-likeness (QED) is 0.489. The van der Waals surface area contributed by atoms with E-state index in [9.17, 15) is 14.9 Å². The summed E-state index contributed by atoms with van der Waals surface area (Å²) in [6, 6.07) is 3.91. The summed E-state index contributed by atoms with van der Waals surface area (Å²) in [5.74, 6) is 0.114. The molecule has 1 atom stereocenters. The van der Waals surface area contributed by atoms with E-state index in [0.717, 1.165) is 12.8 Å². The number of likely N-dealkylation sites (tertiary alicyclic amines) is 1. The third kappa shape index (κ3) is 2.98. The summed E-state index contributed by atoms with van der Waals surface area (Å²) in [7, 11) is 0. The van der Waals surface area contributed by atoms with E-state index in [1.807, 2.05) is 0 Å². The van der Waals surface area contributed by atoms with Crippen LogP contribution in [-0.4, -0.2) is 34.2 Å². The Morgan fingerprint density at radius 1 is 1.47 bits per heavy atom. The van der Waals surface area contributed by atoms with E-state index in [1.54, 1.807) is 4.90 Å². The van der Waals surface area contributed by atoms with Gasteiger partial charge in [0, 0.05) is 41.2 Å². The number of carbonyl (C=O) groups excluding carboxylic acids is 1. The SMILES string of the molecule is O=C(c1cc(Cl)cc([N+](=O)[O-])c1)N1CCCC1CCl. The van der Waals surface area contributed by atoms with E-state index >= 15 is 0 Å². The maximum atomic E-state index is 12.3. The Morgan fingerprint density at radius 2 is 2.21 bits per heavy atom. The molecule has 1 aliphatic heterocycles. The predicted molar refractivity (Wildman–Crippen MR) is 72.9 cm³/mol. The van der Waals surface area contributed by atoms with Crippen molar-refractivity contribution in [2.45, 2.75) is 18.9 Å². The zero-order valence-electron chi connectivity index (χ0n) is 10.0. The monoisotopic (exact) mass is 302 g/mol. The standard InChI is InChI=1S/C12H12Cl2N2O3/c13-7-10-2-1-3-15(10)12(17)8-4-9(14)6-11(5-8)16(18)19/h4-6,10H,1-3,7H2. The van der Waals surface area contributed by atoms with Gasteiger partial charge in [0.1, 0.15) is 0 Å². The molecule has 0 radical (unpaired) electrons. The van der Waals surface area contributed by atoms with Crippen LogP contribution in [0.5, 0.6) is 0 Å². The zero-order chi connectivity index (χ0) is 14.0. The Kier molecular flexibility index (Phi) is 4.27. The first-order valence-corrected chi connectivity index (χ1v) is 6.76. The number of nitrogens with zero attached hydrogens (tertiary/aromatic N) is 2. The number of hydrogen-bond acceptors (Lipinski definition) is 3. The van der Waals surface area contributed by atoms with Gasteiger partial charge in [-0.25, -0.2) is 0 Å². The molecule has 7 heteroatoms. The first-order valence-electron chi connectivity index (χ1n) is 5.85. The maximum absolute atomic E-state index is 12.3. The van der Waals surface area contributed by atoms with Gasteiger partial charge >= 0.3 is 0 Å². The zero-order valence-corrected chi connectivity index (χ0v) is 11.5. The fraction of sp³-hybridized carbons (Fsp3) is 0.417. The number of halogens is 2. The largest absolute Gasteiger partial charge is 0.334 e. The van der Waals surface area contributed by atoms with Crippen LogP contribution in [-0.2, 0) is 0 Å². The average molecular weight is 303 g/mol. The molecule has 1 aromatic carbocycles. The van der Waals surface area contributed by atoms with Crippen molar-refractivity contribution in [3.05, 3.63) is 38.9 Å². The lowest BCUT2D eigenvalue weighted by atomic mass is 10.1. The summed E-state index contributed by atoms with van der Waals surface area (Å²) < 4.78 is 0. The number of alkyl halides is 1. The Hall–Kier alpha value is -1.33. The molecule has 0 aliphatic carbocycles. The molecular formula is C12H12Cl2N2O3. The summed E-state index contributed by atoms with van der Waals surface area (Å²) in [5, 5.41) is 11.0. The van der Waals surface area contributed by atoms with Gasteiger partial charge in [0.15, 0.2) is 0 Å². The molecule has 0 aromatic heterocycles. The van der Waals surface area contributed by atoms with Gasteiger partial charge in [0.2, 0.25) is 0 Å². The van der Waals surface area contributed by atoms with Crippen LogP contribution in [0.3, 0.4) is 0 Å². The second-order valence-corrected chi connectivity index (χ2v) is 5.15. The molecule has 0 N–H and O–H groups in total. The molecule has 0 spiro atoms. The van der Waals surface area contributed by atoms with Gasteiger partial charge in [-0.1, -0.05) is 11.6 Å². The molecule has 1 aliphatic rings. The molecule has 19 heavy (non-hydrogen) atoms. The third-order valence-electron chi connectivity index (χ3n) is 3.16. The molecule has 1 fully saturated rings. The number of hydrogen-bond donors (Lipinski definition) is 0. The van der Waals surface area contributed by atoms with E-state index in [1.165, 1.54) is 18.2 Å². The van der Waals surface area contributed by atoms with Crippen molar-refractivity contribution in [1.29, 1.82) is 0 Å². The van der Waals surface area contributed by atoms with Crippen LogP contribution in [0.2, 0.25) is 5.02 Å². The molecule has 102 valence electrons. The van der Waals surface area contributed by atoms with Crippen LogP contribution in [0.25, 0.3) is 0 Å². The molecule has 1 unspecified atom stereocenters. The molecule has 0 saturated carbocycles. The van der Waals surface area contributed by atoms with Gasteiger partial charge in [0.25, 0.3) is 11.6 Å². The Labute approximate surface area is 120 Å². The minimum absolute atomic E-state index is 0.00722. The molecule has 1 amide bonds. The smallest absolute Gasteiger partial charge is 0.271 e. The third-order valence-corrected chi connectivity index (χ3v) is 3.73. The number of nitro benzene ring substituents is 1. The Morgan fingerprint density at radius 3 is 2.84 bits per heavy atom. The number of non-ortho nitro benzene ring substituents is 1. The highest BCUT2D eigenvalue weighted by Crippen LogP contribution is 2.25. The molecule has 2 rings (SSSR count). The van der Waals surface area contributed by atoms with Crippen LogP contribution in [0.4, 0.5) is 5.69 Å². The van der Waals surface area contributed by atoms with Gasteiger partial charge in [-0.3, -0.25) is 14.9 Å². The van der Waals surface area contributed by atoms with Crippen LogP contribution < -0.4 is 0 Å². The summed E-state index contributed by atoms with van der Waals surface area (Å²) in [4.78, 5) is 24.2. The molecule has 1 saturated heterocycles. The van der Waals surface area contributed by atoms with Crippen LogP contribution in [0.1, 0.15) is 23.2 Å². The van der Waals surface area contributed by atoms with Crippen molar-refractivity contribution in [3.8, 4) is 0 Å². The Bertz CT molecular complexity index is 522. The fourth-order valence-electron chi connectivity index (χ4n) is 2.23. The minimum Gasteiger partial charge on any atom is -0.334 e. The van der Waals surface area contributed by atoms with Crippen molar-refractivity contribution in [1.82, 2.24) is 4.90 Å². The van der Waals surface area contributed by atoms with Gasteiger partial charge in [-0.05, 0) is 18.9 Å². The topological polar surface area (TPSA) is 63.4 Å². The molecule has 0 bridgehead atoms. The molecule has 1 aromatic rings. The highest BCUT2D eigenvalue weighted by atomic mass is 35.5. The average Bonchev–Trinajstić information content (AvgIpc) is 2.85. The van der Waals surface area contributed by atoms with Crippen LogP contribution in [0, 0.1) is 10.1 Å². The lowest BCUT2D eigenvalue weighted by molar-refractivity contribution is -0.384. The minimum atomic E-state index is -0.564. The van der Waals surface area contributed by atoms with E-state index in [2.05, 4.69) is 0 Å². The van der Waals surface area contributed by atoms with E-state index in [-0.39, 0.29) is 28.2 Å². The summed E-state index contributed by atoms with van der Waals surface area (Å²) in [6.45, 7) is 0.622. The summed E-state index contributed by atoms with van der Waals surface area (Å²) in [6.07, 6.45) is 1.75. The number of amides is 1. The summed E-state index contributed by atoms with van der Waals surface area (Å²) in [5.41, 5.74) is 0.0497. The van der Waals surface area contributed by atoms with Crippen molar-refractivity contribution in [2.24, 2.45) is 0 Å². The van der Waals surface area contributed by atoms with E-state index in [0.29, 0.717) is 12.4 Å². The maximum Gasteiger partial charge on any atom is 0.271 e. The van der Waals surface area contributed by atoms with Gasteiger partial charge < -0.3 is 4.90 Å². The lowest BCUT2D eigenvalue weighted by Crippen LogP contribution is -2.36. The molecule has 1 heterocycles. The Balaban J connectivity index is 2.30. The van der Waals surface area contributed by atoms with Crippen molar-refractivity contribution >= 4 is 34.8 Å². The van der Waals surface area contributed by atoms with Crippen LogP contribution in [0.15, 0.2) is 18.2 Å². The number of rotatable bonds is 3. The first kappa shape index (κ1) is 14.1. The number of carbonyl (C=O) groups is 1. The van der Waals surface area contributed by atoms with Crippen LogP contribution >= 0.6 is 23.2 Å². The van der Waals surface area contributed by atoms with Crippen molar-refractivity contribution < 1.29 is 9.72 Å². The highest BCUT2D eigenvalue weighted by molar-refractivity contribution is 6.31. The highest BCUT2D eigenvalue weighted by Gasteiger charge is 2.29. The van der Waals surface area contributed by atoms with E-state index in [4.69, 9.17) is 23.2 Å². The van der Waals surface area contributed by atoms with Gasteiger partial charge in [0.05, 0.1) is 4.92 Å². The first-order chi connectivity index (χ1) is 9.02. The molecule has 5 nitrogen and oxygen atoms in total. The number of benzene rings is 1. The van der Waals surface area contributed by atoms with Crippen molar-refractivity contribution in [2.75, 3.05) is 12.4 Å². The predicted octanol–water partition coefficient (Wildman–Crippen LogP) is 3.09. The fourth-order valence-corrected chi connectivity index (χ4v) is 2.78. The normalized spacial score (nSPS) is 18.6. The summed E-state index contributed by atoms with van der Waals surface area (Å²) >= 11 is 11.6. The van der Waals surface area contributed by atoms with E-state index < -0.39 is 4.92 Å². The van der Waals surface area contributed by atoms with Gasteiger partial charge in [-0.2, -0.15) is 0 Å². The lowest BCUT2D eigenvalue weighted by Gasteiger charge is -2.22. The number of nitro groups is 1. The van der Waals surface area contributed by atoms with Crippen molar-refractivity contribution in [3.63, 3.8) is 0 Å². The van der Waals surface area contributed by atoms with Gasteiger partial charge in [-0.15, -0.1) is 11.6 Å². The molecular weight excluding hydrogens is 291 g/mol. The second kappa shape index (κ2) is 5.75. The second-order valence-electron chi connectivity index (χ2n) is 4.40.